The molecule has 0 unspecified atom stereocenters. The summed E-state index contributed by atoms with van der Waals surface area (Å²) in [6.07, 6.45) is 3.66. The summed E-state index contributed by atoms with van der Waals surface area (Å²) in [7, 11) is 1.59. The molecule has 0 aliphatic rings. The highest BCUT2D eigenvalue weighted by Crippen LogP contribution is 2.24. The fourth-order valence-corrected chi connectivity index (χ4v) is 3.40. The van der Waals surface area contributed by atoms with Crippen molar-refractivity contribution >= 4 is 16.9 Å². The van der Waals surface area contributed by atoms with Gasteiger partial charge in [0.05, 0.1) is 7.11 Å². The second-order valence-corrected chi connectivity index (χ2v) is 6.99. The molecule has 0 radical (unpaired) electrons. The summed E-state index contributed by atoms with van der Waals surface area (Å²) >= 11 is 0. The number of phenols is 1. The Kier molecular flexibility index (Phi) is 7.00. The molecule has 0 bridgehead atoms. The average molecular weight is 395 g/mol. The van der Waals surface area contributed by atoms with Crippen LogP contribution in [0.2, 0.25) is 0 Å². The van der Waals surface area contributed by atoms with Gasteiger partial charge in [-0.2, -0.15) is 0 Å². The Bertz CT molecular complexity index is 978. The van der Waals surface area contributed by atoms with Crippen LogP contribution in [0.15, 0.2) is 47.6 Å². The monoisotopic (exact) mass is 394 g/mol. The normalized spacial score (nSPS) is 11.6. The number of para-hydroxylation sites is 1. The van der Waals surface area contributed by atoms with Crippen LogP contribution in [-0.4, -0.2) is 42.8 Å². The molecule has 0 aliphatic heterocycles. The zero-order chi connectivity index (χ0) is 20.6. The number of ether oxygens (including phenoxy) is 1. The number of fused-ring (bicyclic) bond motifs is 1. The first-order chi connectivity index (χ1) is 14.1. The lowest BCUT2D eigenvalue weighted by molar-refractivity contribution is 0.406. The Morgan fingerprint density at radius 2 is 2.00 bits per heavy atom. The minimum Gasteiger partial charge on any atom is -0.508 e. The first-order valence-electron chi connectivity index (χ1n) is 10.1. The van der Waals surface area contributed by atoms with Crippen molar-refractivity contribution in [1.29, 1.82) is 0 Å². The average Bonchev–Trinajstić information content (AvgIpc) is 3.13. The van der Waals surface area contributed by atoms with Crippen LogP contribution < -0.4 is 15.4 Å². The lowest BCUT2D eigenvalue weighted by Gasteiger charge is -2.11. The highest BCUT2D eigenvalue weighted by molar-refractivity contribution is 5.86. The lowest BCUT2D eigenvalue weighted by atomic mass is 10.1. The van der Waals surface area contributed by atoms with Crippen molar-refractivity contribution < 1.29 is 9.84 Å². The van der Waals surface area contributed by atoms with E-state index < -0.39 is 0 Å². The van der Waals surface area contributed by atoms with Gasteiger partial charge in [0.1, 0.15) is 11.5 Å². The largest absolute Gasteiger partial charge is 0.508 e. The first kappa shape index (κ1) is 20.6. The van der Waals surface area contributed by atoms with Crippen molar-refractivity contribution in [2.24, 2.45) is 4.99 Å². The summed E-state index contributed by atoms with van der Waals surface area (Å²) in [6, 6.07) is 11.7. The number of methoxy groups -OCH3 is 1. The standard InChI is InChI=1S/C23H30N4O2/c1-4-24-23(25-12-10-17-8-9-19(29-3)14-21(17)28)26-13-11-18-15-27-22-16(2)6-5-7-20(18)22/h5-9,14-15,27-28H,4,10-13H2,1-3H3,(H2,24,25,26). The predicted molar refractivity (Wildman–Crippen MR) is 119 cm³/mol. The molecule has 0 saturated heterocycles. The summed E-state index contributed by atoms with van der Waals surface area (Å²) in [5.74, 6) is 1.68. The summed E-state index contributed by atoms with van der Waals surface area (Å²) in [4.78, 5) is 8.01. The summed E-state index contributed by atoms with van der Waals surface area (Å²) in [6.45, 7) is 6.35. The molecule has 0 amide bonds. The number of hydrogen-bond donors (Lipinski definition) is 4. The molecule has 0 fully saturated rings. The Morgan fingerprint density at radius 3 is 2.76 bits per heavy atom. The van der Waals surface area contributed by atoms with Crippen molar-refractivity contribution in [2.75, 3.05) is 26.7 Å². The molecule has 0 aliphatic carbocycles. The number of aliphatic imine (C=N–C) groups is 1. The predicted octanol–water partition coefficient (Wildman–Crippen LogP) is 3.53. The fraction of sp³-hybridized carbons (Fsp3) is 0.348. The van der Waals surface area contributed by atoms with E-state index in [2.05, 4.69) is 58.9 Å². The van der Waals surface area contributed by atoms with E-state index in [4.69, 9.17) is 4.74 Å². The van der Waals surface area contributed by atoms with Crippen molar-refractivity contribution in [2.45, 2.75) is 26.7 Å². The van der Waals surface area contributed by atoms with E-state index in [1.54, 1.807) is 13.2 Å². The number of aromatic hydroxyl groups is 1. The number of H-pyrrole nitrogens is 1. The molecule has 1 heterocycles. The number of nitrogens with one attached hydrogen (secondary N) is 3. The Hall–Kier alpha value is -3.15. The maximum absolute atomic E-state index is 10.1. The molecular formula is C23H30N4O2. The Labute approximate surface area is 172 Å². The fourth-order valence-electron chi connectivity index (χ4n) is 3.40. The molecule has 6 nitrogen and oxygen atoms in total. The molecule has 0 atom stereocenters. The summed E-state index contributed by atoms with van der Waals surface area (Å²) < 4.78 is 5.12. The molecule has 2 aromatic carbocycles. The SMILES string of the molecule is CCNC(=NCCc1ccc(OC)cc1O)NCCc1c[nH]c2c(C)cccc12. The van der Waals surface area contributed by atoms with Gasteiger partial charge in [-0.15, -0.1) is 0 Å². The van der Waals surface area contributed by atoms with Crippen molar-refractivity contribution in [3.8, 4) is 11.5 Å². The number of benzene rings is 2. The summed E-state index contributed by atoms with van der Waals surface area (Å²) in [5, 5.41) is 18.0. The molecule has 0 saturated carbocycles. The van der Waals surface area contributed by atoms with Gasteiger partial charge in [0, 0.05) is 42.8 Å². The third-order valence-corrected chi connectivity index (χ3v) is 4.98. The Balaban J connectivity index is 1.56. The van der Waals surface area contributed by atoms with Crippen LogP contribution in [0.4, 0.5) is 0 Å². The minimum absolute atomic E-state index is 0.243. The topological polar surface area (TPSA) is 81.7 Å². The van der Waals surface area contributed by atoms with E-state index in [9.17, 15) is 5.11 Å². The van der Waals surface area contributed by atoms with Gasteiger partial charge in [-0.05, 0) is 49.4 Å². The third-order valence-electron chi connectivity index (χ3n) is 4.98. The smallest absolute Gasteiger partial charge is 0.191 e. The van der Waals surface area contributed by atoms with Crippen LogP contribution in [0.1, 0.15) is 23.6 Å². The lowest BCUT2D eigenvalue weighted by Crippen LogP contribution is -2.38. The van der Waals surface area contributed by atoms with Crippen LogP contribution in [0.25, 0.3) is 10.9 Å². The van der Waals surface area contributed by atoms with E-state index in [-0.39, 0.29) is 5.75 Å². The second-order valence-electron chi connectivity index (χ2n) is 6.99. The number of phenolic OH excluding ortho intramolecular Hbond substituents is 1. The molecule has 4 N–H and O–H groups in total. The van der Waals surface area contributed by atoms with E-state index in [0.29, 0.717) is 18.7 Å². The molecule has 29 heavy (non-hydrogen) atoms. The van der Waals surface area contributed by atoms with Crippen molar-refractivity contribution in [3.05, 3.63) is 59.3 Å². The van der Waals surface area contributed by atoms with Crippen molar-refractivity contribution in [3.63, 3.8) is 0 Å². The van der Waals surface area contributed by atoms with Crippen molar-refractivity contribution in [1.82, 2.24) is 15.6 Å². The van der Waals surface area contributed by atoms with Gasteiger partial charge in [0.15, 0.2) is 5.96 Å². The maximum atomic E-state index is 10.1. The second kappa shape index (κ2) is 9.87. The molecule has 1 aromatic heterocycles. The highest BCUT2D eigenvalue weighted by Gasteiger charge is 2.06. The number of nitrogens with zero attached hydrogens (tertiary/aromatic N) is 1. The number of rotatable bonds is 8. The van der Waals surface area contributed by atoms with Crippen LogP contribution in [-0.2, 0) is 12.8 Å². The van der Waals surface area contributed by atoms with Crippen LogP contribution in [0.3, 0.4) is 0 Å². The van der Waals surface area contributed by atoms with E-state index in [1.807, 2.05) is 12.1 Å². The van der Waals surface area contributed by atoms with Gasteiger partial charge in [-0.25, -0.2) is 0 Å². The van der Waals surface area contributed by atoms with Gasteiger partial charge in [0.25, 0.3) is 0 Å². The number of guanidine groups is 1. The van der Waals surface area contributed by atoms with E-state index >= 15 is 0 Å². The number of hydrogen-bond acceptors (Lipinski definition) is 3. The molecule has 3 aromatic rings. The third kappa shape index (κ3) is 5.22. The minimum atomic E-state index is 0.243. The highest BCUT2D eigenvalue weighted by atomic mass is 16.5. The van der Waals surface area contributed by atoms with Crippen LogP contribution in [0.5, 0.6) is 11.5 Å². The van der Waals surface area contributed by atoms with Crippen LogP contribution in [0, 0.1) is 6.92 Å². The van der Waals surface area contributed by atoms with Gasteiger partial charge in [-0.3, -0.25) is 4.99 Å². The number of aromatic amines is 1. The van der Waals surface area contributed by atoms with Crippen LogP contribution >= 0.6 is 0 Å². The Morgan fingerprint density at radius 1 is 1.14 bits per heavy atom. The van der Waals surface area contributed by atoms with Gasteiger partial charge < -0.3 is 25.5 Å². The van der Waals surface area contributed by atoms with E-state index in [1.165, 1.54) is 22.0 Å². The number of aryl methyl sites for hydroxylation is 1. The molecule has 154 valence electrons. The zero-order valence-electron chi connectivity index (χ0n) is 17.4. The van der Waals surface area contributed by atoms with Gasteiger partial charge >= 0.3 is 0 Å². The zero-order valence-corrected chi connectivity index (χ0v) is 17.4. The quantitative estimate of drug-likeness (QED) is 0.348. The molecule has 0 spiro atoms. The van der Waals surface area contributed by atoms with E-state index in [0.717, 1.165) is 31.0 Å². The van der Waals surface area contributed by atoms with Gasteiger partial charge in [0.2, 0.25) is 0 Å². The maximum Gasteiger partial charge on any atom is 0.191 e. The number of aromatic nitrogens is 1. The molecule has 6 heteroatoms. The van der Waals surface area contributed by atoms with Gasteiger partial charge in [-0.1, -0.05) is 24.3 Å². The summed E-state index contributed by atoms with van der Waals surface area (Å²) in [5.41, 5.74) is 4.63. The first-order valence-corrected chi connectivity index (χ1v) is 10.1. The molecule has 3 rings (SSSR count). The molecular weight excluding hydrogens is 364 g/mol.